The van der Waals surface area contributed by atoms with Gasteiger partial charge in [-0.1, -0.05) is 11.6 Å². The van der Waals surface area contributed by atoms with Gasteiger partial charge in [0.2, 0.25) is 0 Å². The number of carbonyl (C=O) groups excluding carboxylic acids is 1. The van der Waals surface area contributed by atoms with Crippen LogP contribution >= 0.6 is 11.6 Å². The lowest BCUT2D eigenvalue weighted by Crippen LogP contribution is -2.52. The van der Waals surface area contributed by atoms with Crippen LogP contribution in [0, 0.1) is 0 Å². The summed E-state index contributed by atoms with van der Waals surface area (Å²) in [4.78, 5) is 32.3. The topological polar surface area (TPSA) is 97.0 Å². The highest BCUT2D eigenvalue weighted by Gasteiger charge is 2.60. The zero-order valence-electron chi connectivity index (χ0n) is 19.3. The van der Waals surface area contributed by atoms with Crippen LogP contribution < -0.4 is 20.5 Å². The second-order valence-electron chi connectivity index (χ2n) is 9.12. The van der Waals surface area contributed by atoms with Crippen molar-refractivity contribution in [2.45, 2.75) is 31.2 Å². The molecule has 0 saturated carbocycles. The van der Waals surface area contributed by atoms with Gasteiger partial charge in [0.1, 0.15) is 11.5 Å². The van der Waals surface area contributed by atoms with E-state index in [1.165, 1.54) is 6.07 Å². The van der Waals surface area contributed by atoms with Crippen molar-refractivity contribution in [3.63, 3.8) is 0 Å². The van der Waals surface area contributed by atoms with E-state index in [1.807, 2.05) is 4.90 Å². The quantitative estimate of drug-likeness (QED) is 0.502. The minimum absolute atomic E-state index is 0.0499. The molecule has 3 aromatic rings. The normalized spacial score (nSPS) is 20.4. The summed E-state index contributed by atoms with van der Waals surface area (Å²) in [5, 5.41) is 6.10. The predicted molar refractivity (Wildman–Crippen MR) is 122 cm³/mol. The third-order valence-electron chi connectivity index (χ3n) is 6.39. The molecule has 5 rings (SSSR count). The van der Waals surface area contributed by atoms with Crippen molar-refractivity contribution >= 4 is 34.7 Å². The van der Waals surface area contributed by atoms with Crippen molar-refractivity contribution in [1.82, 2.24) is 24.1 Å². The first kappa shape index (κ1) is 25.2. The van der Waals surface area contributed by atoms with E-state index in [0.29, 0.717) is 19.3 Å². The Morgan fingerprint density at radius 1 is 1.30 bits per heavy atom. The van der Waals surface area contributed by atoms with Gasteiger partial charge in [-0.05, 0) is 14.0 Å². The molecular formula is C21H19ClF5N7O3. The van der Waals surface area contributed by atoms with Crippen molar-refractivity contribution in [2.24, 2.45) is 0 Å². The molecule has 0 aromatic carbocycles. The Morgan fingerprint density at radius 2 is 2.00 bits per heavy atom. The largest absolute Gasteiger partial charge is 0.482 e. The van der Waals surface area contributed by atoms with Crippen LogP contribution in [0.25, 0.3) is 5.65 Å². The molecule has 1 fully saturated rings. The third kappa shape index (κ3) is 4.15. The fraction of sp³-hybridized carbons (Fsp3) is 0.429. The molecule has 3 aromatic heterocycles. The third-order valence-corrected chi connectivity index (χ3v) is 6.57. The molecule has 0 spiro atoms. The number of pyridine rings is 1. The van der Waals surface area contributed by atoms with E-state index in [4.69, 9.17) is 16.3 Å². The Bertz CT molecular complexity index is 1450. The van der Waals surface area contributed by atoms with E-state index >= 15 is 0 Å². The summed E-state index contributed by atoms with van der Waals surface area (Å²) in [5.74, 6) is -0.423. The molecular weight excluding hydrogens is 529 g/mol. The molecule has 10 nitrogen and oxygen atoms in total. The molecule has 37 heavy (non-hydrogen) atoms. The summed E-state index contributed by atoms with van der Waals surface area (Å²) < 4.78 is 76.3. The number of carbonyl (C=O) groups is 1. The Morgan fingerprint density at radius 3 is 2.62 bits per heavy atom. The summed E-state index contributed by atoms with van der Waals surface area (Å²) >= 11 is 5.88. The molecule has 1 atom stereocenters. The summed E-state index contributed by atoms with van der Waals surface area (Å²) in [6, 6.07) is 1.27. The van der Waals surface area contributed by atoms with Crippen LogP contribution in [-0.4, -0.2) is 69.1 Å². The minimum atomic E-state index is -4.80. The maximum Gasteiger partial charge on any atom is 0.401 e. The first-order valence-electron chi connectivity index (χ1n) is 10.9. The zero-order valence-corrected chi connectivity index (χ0v) is 20.0. The average molecular weight is 548 g/mol. The molecule has 2 aliphatic heterocycles. The highest BCUT2D eigenvalue weighted by Crippen LogP contribution is 2.50. The smallest absolute Gasteiger partial charge is 0.401 e. The molecule has 0 radical (unpaired) electrons. The van der Waals surface area contributed by atoms with Crippen LogP contribution in [0.15, 0.2) is 29.3 Å². The lowest BCUT2D eigenvalue weighted by Gasteiger charge is -2.35. The SMILES string of the molecule is CN1CC(Oc2cc(NC(=O)N3C[C@@](C)(C(F)(F)F)c4c3cnc3cc(Cl)nn43)cn(C(F)F)c2=O)C1. The lowest BCUT2D eigenvalue weighted by atomic mass is 9.88. The van der Waals surface area contributed by atoms with Crippen LogP contribution in [0.3, 0.4) is 0 Å². The first-order chi connectivity index (χ1) is 17.3. The predicted octanol–water partition coefficient (Wildman–Crippen LogP) is 3.50. The summed E-state index contributed by atoms with van der Waals surface area (Å²) in [7, 11) is 1.80. The van der Waals surface area contributed by atoms with E-state index in [-0.39, 0.29) is 32.4 Å². The number of likely N-dealkylation sites (tertiary alicyclic amines) is 1. The van der Waals surface area contributed by atoms with Crippen molar-refractivity contribution in [2.75, 3.05) is 36.9 Å². The molecule has 1 saturated heterocycles. The molecule has 5 heterocycles. The van der Waals surface area contributed by atoms with Crippen LogP contribution in [0.2, 0.25) is 5.15 Å². The zero-order chi connectivity index (χ0) is 26.9. The molecule has 198 valence electrons. The van der Waals surface area contributed by atoms with Gasteiger partial charge in [0.15, 0.2) is 16.5 Å². The monoisotopic (exact) mass is 547 g/mol. The van der Waals surface area contributed by atoms with Crippen molar-refractivity contribution in [3.8, 4) is 5.75 Å². The van der Waals surface area contributed by atoms with Gasteiger partial charge in [-0.15, -0.1) is 0 Å². The number of urea groups is 1. The molecule has 16 heteroatoms. The maximum atomic E-state index is 14.3. The van der Waals surface area contributed by atoms with Crippen LogP contribution in [0.1, 0.15) is 19.2 Å². The van der Waals surface area contributed by atoms with E-state index < -0.39 is 48.1 Å². The number of ether oxygens (including phenoxy) is 1. The number of anilines is 2. The first-order valence-corrected chi connectivity index (χ1v) is 11.3. The number of alkyl halides is 5. The van der Waals surface area contributed by atoms with Crippen LogP contribution in [0.5, 0.6) is 5.75 Å². The Hall–Kier alpha value is -3.46. The van der Waals surface area contributed by atoms with Gasteiger partial charge < -0.3 is 10.1 Å². The Kier molecular flexibility index (Phi) is 5.82. The number of fused-ring (bicyclic) bond motifs is 3. The highest BCUT2D eigenvalue weighted by atomic mass is 35.5. The average Bonchev–Trinajstić information content (AvgIpc) is 3.31. The molecule has 0 unspecified atom stereocenters. The number of halogens is 6. The van der Waals surface area contributed by atoms with Crippen LogP contribution in [0.4, 0.5) is 38.1 Å². The van der Waals surface area contributed by atoms with Crippen LogP contribution in [-0.2, 0) is 5.41 Å². The van der Waals surface area contributed by atoms with E-state index in [2.05, 4.69) is 15.4 Å². The number of rotatable bonds is 4. The van der Waals surface area contributed by atoms with Gasteiger partial charge >= 0.3 is 18.8 Å². The second kappa shape index (κ2) is 8.55. The van der Waals surface area contributed by atoms with Gasteiger partial charge in [0.05, 0.1) is 23.3 Å². The van der Waals surface area contributed by atoms with E-state index in [9.17, 15) is 31.5 Å². The number of likely N-dealkylation sites (N-methyl/N-ethyl adjacent to an activating group) is 1. The maximum absolute atomic E-state index is 14.3. The van der Waals surface area contributed by atoms with Crippen molar-refractivity contribution < 1.29 is 31.5 Å². The van der Waals surface area contributed by atoms with Gasteiger partial charge in [-0.3, -0.25) is 19.2 Å². The number of aromatic nitrogens is 4. The van der Waals surface area contributed by atoms with Gasteiger partial charge in [0.25, 0.3) is 5.56 Å². The second-order valence-corrected chi connectivity index (χ2v) is 9.51. The fourth-order valence-corrected chi connectivity index (χ4v) is 4.63. The molecule has 2 amide bonds. The number of nitrogens with one attached hydrogen (secondary N) is 1. The lowest BCUT2D eigenvalue weighted by molar-refractivity contribution is -0.181. The molecule has 2 aliphatic rings. The number of hydrogen-bond acceptors (Lipinski definition) is 6. The van der Waals surface area contributed by atoms with Crippen molar-refractivity contribution in [1.29, 1.82) is 0 Å². The standard InChI is InChI=1S/C21H19ClF5N7O3/c1-20(21(25,26)27)9-33(12-5-28-15-4-14(22)30-34(15)16(12)20)19(36)29-10-3-13(37-11-7-31(2)8-11)17(35)32(6-10)18(23)24/h3-6,11,18H,7-9H2,1-2H3,(H,29,36)/t20-/m1/s1. The fourth-order valence-electron chi connectivity index (χ4n) is 4.45. The summed E-state index contributed by atoms with van der Waals surface area (Å²) in [6.07, 6.45) is -3.44. The van der Waals surface area contributed by atoms with E-state index in [1.54, 1.807) is 7.05 Å². The van der Waals surface area contributed by atoms with Gasteiger partial charge in [-0.25, -0.2) is 14.3 Å². The Labute approximate surface area is 210 Å². The van der Waals surface area contributed by atoms with E-state index in [0.717, 1.165) is 28.6 Å². The summed E-state index contributed by atoms with van der Waals surface area (Å²) in [5.41, 5.74) is -4.44. The summed E-state index contributed by atoms with van der Waals surface area (Å²) in [6.45, 7) is -2.26. The Balaban J connectivity index is 1.51. The van der Waals surface area contributed by atoms with Crippen molar-refractivity contribution in [3.05, 3.63) is 45.7 Å². The molecule has 0 aliphatic carbocycles. The number of hydrogen-bond donors (Lipinski definition) is 1. The minimum Gasteiger partial charge on any atom is -0.482 e. The molecule has 1 N–H and O–H groups in total. The van der Waals surface area contributed by atoms with Gasteiger partial charge in [0, 0.05) is 38.0 Å². The molecule has 0 bridgehead atoms. The number of nitrogens with zero attached hydrogens (tertiary/aromatic N) is 6. The van der Waals surface area contributed by atoms with Gasteiger partial charge in [-0.2, -0.15) is 27.1 Å². The highest BCUT2D eigenvalue weighted by molar-refractivity contribution is 6.29. The number of amides is 2.